The van der Waals surface area contributed by atoms with Crippen molar-refractivity contribution in [3.63, 3.8) is 0 Å². The molecule has 0 aliphatic carbocycles. The summed E-state index contributed by atoms with van der Waals surface area (Å²) >= 11 is 0. The van der Waals surface area contributed by atoms with E-state index in [1.807, 2.05) is 23.6 Å². The number of nitrogens with two attached hydrogens (primary N) is 1. The van der Waals surface area contributed by atoms with Crippen molar-refractivity contribution in [1.82, 2.24) is 29.7 Å². The molecule has 0 aromatic carbocycles. The molecule has 3 saturated heterocycles. The zero-order valence-corrected chi connectivity index (χ0v) is 27.3. The van der Waals surface area contributed by atoms with Crippen LogP contribution in [0.2, 0.25) is 0 Å². The molecule has 0 saturated carbocycles. The van der Waals surface area contributed by atoms with Crippen molar-refractivity contribution >= 4 is 35.3 Å². The lowest BCUT2D eigenvalue weighted by Crippen LogP contribution is -2.52. The first-order chi connectivity index (χ1) is 22.9. The number of aromatic nitrogens is 4. The number of anilines is 3. The normalized spacial score (nSPS) is 17.8. The van der Waals surface area contributed by atoms with Crippen LogP contribution in [0.25, 0.3) is 11.4 Å². The van der Waals surface area contributed by atoms with Crippen LogP contribution in [0.1, 0.15) is 51.5 Å². The molecule has 0 bridgehead atoms. The van der Waals surface area contributed by atoms with Crippen LogP contribution in [0.5, 0.6) is 0 Å². The summed E-state index contributed by atoms with van der Waals surface area (Å²) in [5, 5.41) is 0. The average Bonchev–Trinajstić information content (AvgIpc) is 3.07. The maximum Gasteiger partial charge on any atom is 0.417 e. The van der Waals surface area contributed by atoms with Crippen LogP contribution < -0.4 is 15.5 Å². The van der Waals surface area contributed by atoms with Crippen molar-refractivity contribution in [3.8, 4) is 11.4 Å². The molecule has 0 radical (unpaired) electrons. The topological polar surface area (TPSA) is 151 Å². The van der Waals surface area contributed by atoms with E-state index >= 15 is 0 Å². The van der Waals surface area contributed by atoms with Crippen molar-refractivity contribution in [3.05, 3.63) is 29.5 Å². The van der Waals surface area contributed by atoms with Crippen LogP contribution in [0.15, 0.2) is 23.9 Å². The van der Waals surface area contributed by atoms with Gasteiger partial charge < -0.3 is 30.1 Å². The highest BCUT2D eigenvalue weighted by molar-refractivity contribution is 5.90. The molecule has 3 aliphatic rings. The number of nitrogens with zero attached hydrogens (tertiary/aromatic N) is 8. The molecule has 2 aromatic heterocycles. The Hall–Kier alpha value is -4.34. The number of halogens is 3. The minimum atomic E-state index is -4.71. The predicted octanol–water partition coefficient (Wildman–Crippen LogP) is 2.96. The predicted molar refractivity (Wildman–Crippen MR) is 172 cm³/mol. The number of piperidine rings is 1. The maximum absolute atomic E-state index is 14.0. The van der Waals surface area contributed by atoms with Crippen molar-refractivity contribution in [2.45, 2.75) is 52.1 Å². The zero-order valence-electron chi connectivity index (χ0n) is 27.3. The summed E-state index contributed by atoms with van der Waals surface area (Å²) in [5.41, 5.74) is 5.24. The van der Waals surface area contributed by atoms with Gasteiger partial charge in [-0.15, -0.1) is 0 Å². The molecule has 16 heteroatoms. The lowest BCUT2D eigenvalue weighted by atomic mass is 9.94. The van der Waals surface area contributed by atoms with Gasteiger partial charge in [-0.1, -0.05) is 5.57 Å². The molecule has 3 fully saturated rings. The Kier molecular flexibility index (Phi) is 11.1. The first kappa shape index (κ1) is 35.0. The number of carbonyl (C=O) groups excluding carboxylic acids is 3. The minimum Gasteiger partial charge on any atom is -0.384 e. The van der Waals surface area contributed by atoms with Crippen LogP contribution >= 0.6 is 0 Å². The maximum atomic E-state index is 14.0. The average molecular weight is 674 g/mol. The van der Waals surface area contributed by atoms with E-state index in [-0.39, 0.29) is 52.6 Å². The van der Waals surface area contributed by atoms with E-state index in [0.717, 1.165) is 17.8 Å². The van der Waals surface area contributed by atoms with Crippen LogP contribution in [0.3, 0.4) is 0 Å². The number of piperazine rings is 1. The van der Waals surface area contributed by atoms with Gasteiger partial charge in [0.25, 0.3) is 0 Å². The second-order valence-electron chi connectivity index (χ2n) is 12.5. The lowest BCUT2D eigenvalue weighted by molar-refractivity contribution is -0.141. The quantitative estimate of drug-likeness (QED) is 0.392. The van der Waals surface area contributed by atoms with E-state index < -0.39 is 11.7 Å². The van der Waals surface area contributed by atoms with Crippen molar-refractivity contribution in [1.29, 1.82) is 0 Å². The summed E-state index contributed by atoms with van der Waals surface area (Å²) in [5.74, 6) is -0.121. The first-order valence-corrected chi connectivity index (χ1v) is 16.3. The number of allylic oxidation sites excluding steroid dienone is 2. The van der Waals surface area contributed by atoms with Gasteiger partial charge in [0, 0.05) is 77.3 Å². The summed E-state index contributed by atoms with van der Waals surface area (Å²) in [6.45, 7) is 8.06. The minimum absolute atomic E-state index is 0.00443. The number of hydrogen-bond acceptors (Lipinski definition) is 11. The van der Waals surface area contributed by atoms with Gasteiger partial charge in [0.2, 0.25) is 23.7 Å². The molecule has 2 aromatic rings. The Labute approximate surface area is 277 Å². The largest absolute Gasteiger partial charge is 0.417 e. The van der Waals surface area contributed by atoms with Crippen LogP contribution in [0.4, 0.5) is 30.9 Å². The molecule has 260 valence electrons. The van der Waals surface area contributed by atoms with E-state index in [2.05, 4.69) is 19.9 Å². The van der Waals surface area contributed by atoms with Gasteiger partial charge in [-0.2, -0.15) is 28.1 Å². The standard InChI is InChI=1S/C32H42F3N9O4/c1-21(2)18-23(45)4-3-5-27(46)41-8-6-22(7-9-41)29(47)42-10-12-43(13-11-42)30-38-28(39-31(40-30)44-14-16-48-17-15-44)24-20-37-26(36)19-25(24)32(33,34)35/h18-20,22H,3-17H2,1-2H3,(H2,36,37). The molecule has 5 rings (SSSR count). The van der Waals surface area contributed by atoms with Gasteiger partial charge in [0.15, 0.2) is 11.6 Å². The number of ether oxygens (including phenoxy) is 1. The third-order valence-corrected chi connectivity index (χ3v) is 8.71. The number of morpholine rings is 1. The van der Waals surface area contributed by atoms with Gasteiger partial charge in [-0.3, -0.25) is 14.4 Å². The highest BCUT2D eigenvalue weighted by Gasteiger charge is 2.36. The van der Waals surface area contributed by atoms with E-state index in [1.165, 1.54) is 0 Å². The Morgan fingerprint density at radius 3 is 2.12 bits per heavy atom. The summed E-state index contributed by atoms with van der Waals surface area (Å²) in [7, 11) is 0. The van der Waals surface area contributed by atoms with Gasteiger partial charge in [0.1, 0.15) is 5.82 Å². The number of likely N-dealkylation sites (tertiary alicyclic amines) is 1. The Morgan fingerprint density at radius 2 is 1.52 bits per heavy atom. The van der Waals surface area contributed by atoms with Crippen molar-refractivity contribution in [2.75, 3.05) is 81.1 Å². The molecular formula is C32H42F3N9O4. The summed E-state index contributed by atoms with van der Waals surface area (Å²) in [6.07, 6.45) is 0.200. The highest BCUT2D eigenvalue weighted by Crippen LogP contribution is 2.37. The monoisotopic (exact) mass is 673 g/mol. The van der Waals surface area contributed by atoms with Crippen LogP contribution in [-0.4, -0.2) is 113 Å². The number of carbonyl (C=O) groups is 3. The summed E-state index contributed by atoms with van der Waals surface area (Å²) in [4.78, 5) is 62.7. The number of amides is 2. The molecule has 2 amide bonds. The molecule has 0 atom stereocenters. The Bertz CT molecular complexity index is 1510. The molecule has 0 spiro atoms. The van der Waals surface area contributed by atoms with Crippen LogP contribution in [-0.2, 0) is 25.3 Å². The van der Waals surface area contributed by atoms with Crippen LogP contribution in [0, 0.1) is 5.92 Å². The summed E-state index contributed by atoms with van der Waals surface area (Å²) < 4.78 is 47.4. The lowest BCUT2D eigenvalue weighted by Gasteiger charge is -2.38. The third kappa shape index (κ3) is 8.76. The molecule has 13 nitrogen and oxygen atoms in total. The van der Waals surface area contributed by atoms with Crippen molar-refractivity contribution in [2.24, 2.45) is 5.92 Å². The van der Waals surface area contributed by atoms with Gasteiger partial charge in [0.05, 0.1) is 24.3 Å². The molecule has 2 N–H and O–H groups in total. The fraction of sp³-hybridized carbons (Fsp3) is 0.594. The SMILES string of the molecule is CC(C)=CC(=O)CCCC(=O)N1CCC(C(=O)N2CCN(c3nc(-c4cnc(N)cc4C(F)(F)F)nc(N4CCOCC4)n3)CC2)CC1. The second kappa shape index (κ2) is 15.3. The number of ketones is 1. The van der Waals surface area contributed by atoms with E-state index in [0.29, 0.717) is 97.7 Å². The third-order valence-electron chi connectivity index (χ3n) is 8.71. The molecule has 48 heavy (non-hydrogen) atoms. The number of pyridine rings is 1. The number of rotatable bonds is 9. The van der Waals surface area contributed by atoms with E-state index in [9.17, 15) is 27.6 Å². The molecule has 5 heterocycles. The number of alkyl halides is 3. The van der Waals surface area contributed by atoms with Crippen molar-refractivity contribution < 1.29 is 32.3 Å². The number of hydrogen-bond donors (Lipinski definition) is 1. The van der Waals surface area contributed by atoms with E-state index in [4.69, 9.17) is 10.5 Å². The molecular weight excluding hydrogens is 631 g/mol. The zero-order chi connectivity index (χ0) is 34.4. The molecule has 0 unspecified atom stereocenters. The highest BCUT2D eigenvalue weighted by atomic mass is 19.4. The first-order valence-electron chi connectivity index (χ1n) is 16.3. The van der Waals surface area contributed by atoms with E-state index in [1.54, 1.807) is 15.9 Å². The van der Waals surface area contributed by atoms with Gasteiger partial charge in [-0.25, -0.2) is 4.98 Å². The molecule has 3 aliphatic heterocycles. The fourth-order valence-corrected chi connectivity index (χ4v) is 6.13. The Balaban J connectivity index is 1.21. The second-order valence-corrected chi connectivity index (χ2v) is 12.5. The van der Waals surface area contributed by atoms with Gasteiger partial charge >= 0.3 is 6.18 Å². The summed E-state index contributed by atoms with van der Waals surface area (Å²) in [6, 6.07) is 0.771. The fourth-order valence-electron chi connectivity index (χ4n) is 6.13. The smallest absolute Gasteiger partial charge is 0.384 e. The Morgan fingerprint density at radius 1 is 0.896 bits per heavy atom. The van der Waals surface area contributed by atoms with Gasteiger partial charge in [-0.05, 0) is 45.3 Å². The number of nitrogen functional groups attached to an aromatic ring is 1.